The van der Waals surface area contributed by atoms with Gasteiger partial charge in [0, 0.05) is 43.6 Å². The number of nitrogens with zero attached hydrogens (tertiary/aromatic N) is 3. The molecule has 4 heterocycles. The van der Waals surface area contributed by atoms with Gasteiger partial charge >= 0.3 is 0 Å². The predicted octanol–water partition coefficient (Wildman–Crippen LogP) is 3.35. The van der Waals surface area contributed by atoms with Gasteiger partial charge in [-0.25, -0.2) is 8.42 Å². The minimum atomic E-state index is -3.47. The van der Waals surface area contributed by atoms with Gasteiger partial charge in [-0.2, -0.15) is 4.31 Å². The third-order valence-electron chi connectivity index (χ3n) is 5.55. The lowest BCUT2D eigenvalue weighted by Gasteiger charge is -2.33. The highest BCUT2D eigenvalue weighted by molar-refractivity contribution is 7.91. The first kappa shape index (κ1) is 21.6. The van der Waals surface area contributed by atoms with Crippen molar-refractivity contribution in [2.75, 3.05) is 26.2 Å². The molecule has 4 rings (SSSR count). The van der Waals surface area contributed by atoms with Gasteiger partial charge in [-0.1, -0.05) is 6.07 Å². The number of thiophene rings is 1. The maximum atomic E-state index is 12.7. The Bertz CT molecular complexity index is 1170. The van der Waals surface area contributed by atoms with Crippen molar-refractivity contribution in [1.29, 1.82) is 0 Å². The zero-order valence-electron chi connectivity index (χ0n) is 17.5. The molecule has 0 aromatic carbocycles. The average molecular weight is 460 g/mol. The van der Waals surface area contributed by atoms with Crippen molar-refractivity contribution in [2.24, 2.45) is 0 Å². The van der Waals surface area contributed by atoms with E-state index in [1.165, 1.54) is 15.6 Å². The number of piperazine rings is 1. The van der Waals surface area contributed by atoms with Crippen molar-refractivity contribution in [3.05, 3.63) is 70.8 Å². The molecule has 0 unspecified atom stereocenters. The van der Waals surface area contributed by atoms with Crippen molar-refractivity contribution >= 4 is 33.3 Å². The van der Waals surface area contributed by atoms with E-state index in [0.29, 0.717) is 36.9 Å². The Morgan fingerprint density at radius 2 is 1.94 bits per heavy atom. The van der Waals surface area contributed by atoms with Crippen LogP contribution in [0.2, 0.25) is 0 Å². The molecule has 0 saturated carbocycles. The number of carbonyl (C=O) groups excluding carboxylic acids is 1. The summed E-state index contributed by atoms with van der Waals surface area (Å²) in [7, 11) is -3.47. The second kappa shape index (κ2) is 8.86. The zero-order chi connectivity index (χ0) is 22.0. The van der Waals surface area contributed by atoms with E-state index in [0.717, 1.165) is 22.7 Å². The zero-order valence-corrected chi connectivity index (χ0v) is 19.2. The molecule has 0 aliphatic carbocycles. The van der Waals surface area contributed by atoms with E-state index in [2.05, 4.69) is 4.57 Å². The standard InChI is InChI=1S/C22H25N3O4S2/c1-17-15-19(18(2)25(17)16-20-5-3-13-29-20)7-8-21(26)23-9-11-24(12-10-23)31(27,28)22-6-4-14-30-22/h3-8,13-15H,9-12,16H2,1-2H3. The fourth-order valence-electron chi connectivity index (χ4n) is 3.75. The molecule has 0 radical (unpaired) electrons. The molecule has 3 aromatic rings. The lowest BCUT2D eigenvalue weighted by Crippen LogP contribution is -2.50. The van der Waals surface area contributed by atoms with Gasteiger partial charge in [-0.15, -0.1) is 11.3 Å². The number of rotatable bonds is 6. The van der Waals surface area contributed by atoms with Crippen molar-refractivity contribution in [3.63, 3.8) is 0 Å². The lowest BCUT2D eigenvalue weighted by molar-refractivity contribution is -0.127. The molecule has 0 atom stereocenters. The number of aryl methyl sites for hydroxylation is 1. The quantitative estimate of drug-likeness (QED) is 0.530. The molecule has 1 fully saturated rings. The Labute approximate surface area is 186 Å². The maximum Gasteiger partial charge on any atom is 0.252 e. The van der Waals surface area contributed by atoms with Crippen molar-refractivity contribution in [3.8, 4) is 0 Å². The lowest BCUT2D eigenvalue weighted by atomic mass is 10.2. The Kier molecular flexibility index (Phi) is 6.17. The summed E-state index contributed by atoms with van der Waals surface area (Å²) in [4.78, 5) is 14.4. The van der Waals surface area contributed by atoms with Crippen LogP contribution in [-0.4, -0.2) is 54.3 Å². The SMILES string of the molecule is Cc1cc(C=CC(=O)N2CCN(S(=O)(=O)c3cccs3)CC2)c(C)n1Cc1ccco1. The van der Waals surface area contributed by atoms with Crippen molar-refractivity contribution < 1.29 is 17.6 Å². The predicted molar refractivity (Wildman–Crippen MR) is 120 cm³/mol. The third kappa shape index (κ3) is 4.53. The van der Waals surface area contributed by atoms with Gasteiger partial charge in [0.1, 0.15) is 9.97 Å². The van der Waals surface area contributed by atoms with Gasteiger partial charge in [0.05, 0.1) is 12.8 Å². The monoisotopic (exact) mass is 459 g/mol. The number of amides is 1. The van der Waals surface area contributed by atoms with E-state index < -0.39 is 10.0 Å². The Hall–Kier alpha value is -2.62. The molecule has 9 heteroatoms. The van der Waals surface area contributed by atoms with Gasteiger partial charge in [-0.05, 0) is 55.1 Å². The van der Waals surface area contributed by atoms with E-state index in [9.17, 15) is 13.2 Å². The number of hydrogen-bond donors (Lipinski definition) is 0. The molecule has 0 N–H and O–H groups in total. The highest BCUT2D eigenvalue weighted by Gasteiger charge is 2.30. The van der Waals surface area contributed by atoms with E-state index in [4.69, 9.17) is 4.42 Å². The van der Waals surface area contributed by atoms with Gasteiger partial charge in [0.15, 0.2) is 0 Å². The largest absolute Gasteiger partial charge is 0.467 e. The molecule has 1 aliphatic rings. The summed E-state index contributed by atoms with van der Waals surface area (Å²) < 4.78 is 34.7. The Morgan fingerprint density at radius 1 is 1.16 bits per heavy atom. The van der Waals surface area contributed by atoms with E-state index in [-0.39, 0.29) is 5.91 Å². The van der Waals surface area contributed by atoms with Crippen LogP contribution in [0.3, 0.4) is 0 Å². The van der Waals surface area contributed by atoms with Gasteiger partial charge < -0.3 is 13.9 Å². The van der Waals surface area contributed by atoms with Crippen molar-refractivity contribution in [1.82, 2.24) is 13.8 Å². The second-order valence-corrected chi connectivity index (χ2v) is 10.6. The first-order chi connectivity index (χ1) is 14.9. The van der Waals surface area contributed by atoms with E-state index >= 15 is 0 Å². The first-order valence-corrected chi connectivity index (χ1v) is 12.4. The maximum absolute atomic E-state index is 12.7. The minimum Gasteiger partial charge on any atom is -0.467 e. The summed E-state index contributed by atoms with van der Waals surface area (Å²) >= 11 is 1.21. The molecule has 164 valence electrons. The fraction of sp³-hybridized carbons (Fsp3) is 0.318. The van der Waals surface area contributed by atoms with Gasteiger partial charge in [0.2, 0.25) is 5.91 Å². The van der Waals surface area contributed by atoms with Crippen LogP contribution >= 0.6 is 11.3 Å². The topological polar surface area (TPSA) is 75.8 Å². The van der Waals surface area contributed by atoms with Crippen LogP contribution in [0, 0.1) is 13.8 Å². The number of aromatic nitrogens is 1. The number of furan rings is 1. The molecule has 1 aliphatic heterocycles. The Balaban J connectivity index is 1.38. The smallest absolute Gasteiger partial charge is 0.252 e. The molecule has 7 nitrogen and oxygen atoms in total. The minimum absolute atomic E-state index is 0.107. The van der Waals surface area contributed by atoms with Crippen molar-refractivity contribution in [2.45, 2.75) is 24.6 Å². The molecular weight excluding hydrogens is 434 g/mol. The molecule has 1 saturated heterocycles. The average Bonchev–Trinajstić information content (AvgIpc) is 3.52. The Morgan fingerprint density at radius 3 is 2.58 bits per heavy atom. The van der Waals surface area contributed by atoms with E-state index in [1.807, 2.05) is 38.1 Å². The summed E-state index contributed by atoms with van der Waals surface area (Å²) in [5.41, 5.74) is 3.13. The molecule has 3 aromatic heterocycles. The molecular formula is C22H25N3O4S2. The van der Waals surface area contributed by atoms with Crippen LogP contribution in [0.15, 0.2) is 56.7 Å². The fourth-order valence-corrected chi connectivity index (χ4v) is 6.32. The summed E-state index contributed by atoms with van der Waals surface area (Å²) in [6, 6.07) is 9.20. The number of sulfonamides is 1. The van der Waals surface area contributed by atoms with Crippen LogP contribution in [0.1, 0.15) is 22.7 Å². The summed E-state index contributed by atoms with van der Waals surface area (Å²) in [6.45, 7) is 6.06. The second-order valence-electron chi connectivity index (χ2n) is 7.49. The summed E-state index contributed by atoms with van der Waals surface area (Å²) in [5.74, 6) is 0.771. The summed E-state index contributed by atoms with van der Waals surface area (Å²) in [6.07, 6.45) is 5.06. The number of hydrogen-bond acceptors (Lipinski definition) is 5. The molecule has 31 heavy (non-hydrogen) atoms. The first-order valence-electron chi connectivity index (χ1n) is 10.1. The molecule has 0 spiro atoms. The highest BCUT2D eigenvalue weighted by atomic mass is 32.2. The van der Waals surface area contributed by atoms with E-state index in [1.54, 1.807) is 34.8 Å². The normalized spacial score (nSPS) is 15.7. The number of carbonyl (C=O) groups is 1. The third-order valence-corrected chi connectivity index (χ3v) is 8.82. The van der Waals surface area contributed by atoms with Crippen LogP contribution in [0.25, 0.3) is 6.08 Å². The van der Waals surface area contributed by atoms with Crippen LogP contribution in [-0.2, 0) is 21.4 Å². The molecule has 1 amide bonds. The van der Waals surface area contributed by atoms with Gasteiger partial charge in [0.25, 0.3) is 10.0 Å². The summed E-state index contributed by atoms with van der Waals surface area (Å²) in [5, 5.41) is 1.75. The van der Waals surface area contributed by atoms with Crippen LogP contribution in [0.4, 0.5) is 0 Å². The molecule has 0 bridgehead atoms. The van der Waals surface area contributed by atoms with Crippen LogP contribution in [0.5, 0.6) is 0 Å². The van der Waals surface area contributed by atoms with Gasteiger partial charge in [-0.3, -0.25) is 4.79 Å². The highest BCUT2D eigenvalue weighted by Crippen LogP contribution is 2.22. The van der Waals surface area contributed by atoms with Crippen LogP contribution < -0.4 is 0 Å².